The fraction of sp³-hybridized carbons (Fsp3) is 0.400. The van der Waals surface area contributed by atoms with Crippen molar-refractivity contribution in [1.82, 2.24) is 0 Å². The van der Waals surface area contributed by atoms with Crippen molar-refractivity contribution in [2.45, 2.75) is 26.2 Å². The molecule has 0 aromatic heterocycles. The van der Waals surface area contributed by atoms with E-state index in [1.165, 1.54) is 6.42 Å². The lowest BCUT2D eigenvalue weighted by atomic mass is 10.1. The van der Waals surface area contributed by atoms with Crippen LogP contribution in [0.5, 0.6) is 0 Å². The van der Waals surface area contributed by atoms with E-state index in [4.69, 9.17) is 0 Å². The van der Waals surface area contributed by atoms with Gasteiger partial charge in [0.15, 0.2) is 0 Å². The van der Waals surface area contributed by atoms with Gasteiger partial charge in [0.2, 0.25) is 0 Å². The van der Waals surface area contributed by atoms with Crippen LogP contribution in [0.15, 0.2) is 37.0 Å². The quantitative estimate of drug-likeness (QED) is 0.308. The molecule has 0 saturated heterocycles. The molecular formula is C10H16. The highest BCUT2D eigenvalue weighted by atomic mass is 13.9. The SMILES string of the molecule is C=CC(=C)CCCC=CC. The van der Waals surface area contributed by atoms with E-state index in [0.717, 1.165) is 18.4 Å². The van der Waals surface area contributed by atoms with E-state index in [0.29, 0.717) is 0 Å². The average molecular weight is 136 g/mol. The summed E-state index contributed by atoms with van der Waals surface area (Å²) >= 11 is 0. The van der Waals surface area contributed by atoms with Crippen LogP contribution in [0.3, 0.4) is 0 Å². The third-order valence-corrected chi connectivity index (χ3v) is 1.39. The molecule has 0 radical (unpaired) electrons. The van der Waals surface area contributed by atoms with Crippen LogP contribution in [0.2, 0.25) is 0 Å². The minimum absolute atomic E-state index is 1.08. The molecule has 0 atom stereocenters. The van der Waals surface area contributed by atoms with Gasteiger partial charge in [-0.15, -0.1) is 0 Å². The molecule has 0 aliphatic rings. The molecule has 56 valence electrons. The van der Waals surface area contributed by atoms with Crippen LogP contribution in [0.1, 0.15) is 26.2 Å². The number of rotatable bonds is 5. The lowest BCUT2D eigenvalue weighted by Crippen LogP contribution is -1.75. The van der Waals surface area contributed by atoms with Gasteiger partial charge in [0.1, 0.15) is 0 Å². The molecule has 0 N–H and O–H groups in total. The Kier molecular flexibility index (Phi) is 5.85. The summed E-state index contributed by atoms with van der Waals surface area (Å²) < 4.78 is 0. The Bertz CT molecular complexity index is 129. The van der Waals surface area contributed by atoms with Gasteiger partial charge < -0.3 is 0 Å². The Hall–Kier alpha value is -0.780. The van der Waals surface area contributed by atoms with Gasteiger partial charge in [-0.2, -0.15) is 0 Å². The predicted molar refractivity (Wildman–Crippen MR) is 48.0 cm³/mol. The van der Waals surface area contributed by atoms with Crippen molar-refractivity contribution in [3.05, 3.63) is 37.0 Å². The van der Waals surface area contributed by atoms with Gasteiger partial charge in [-0.25, -0.2) is 0 Å². The lowest BCUT2D eigenvalue weighted by molar-refractivity contribution is 0.848. The Balaban J connectivity index is 3.19. The maximum atomic E-state index is 3.83. The molecule has 0 spiro atoms. The zero-order valence-corrected chi connectivity index (χ0v) is 6.77. The van der Waals surface area contributed by atoms with Gasteiger partial charge in [-0.05, 0) is 26.2 Å². The highest BCUT2D eigenvalue weighted by molar-refractivity contribution is 5.10. The smallest absolute Gasteiger partial charge is 0.0282 e. The summed E-state index contributed by atoms with van der Waals surface area (Å²) in [7, 11) is 0. The lowest BCUT2D eigenvalue weighted by Gasteiger charge is -1.95. The van der Waals surface area contributed by atoms with Crippen LogP contribution in [0.4, 0.5) is 0 Å². The average Bonchev–Trinajstić information content (AvgIpc) is 1.98. The maximum absolute atomic E-state index is 3.83. The van der Waals surface area contributed by atoms with Crippen LogP contribution in [0, 0.1) is 0 Å². The number of allylic oxidation sites excluding steroid dienone is 4. The van der Waals surface area contributed by atoms with Crippen LogP contribution in [0.25, 0.3) is 0 Å². The zero-order valence-electron chi connectivity index (χ0n) is 6.77. The molecule has 0 heterocycles. The molecule has 10 heavy (non-hydrogen) atoms. The van der Waals surface area contributed by atoms with Crippen molar-refractivity contribution >= 4 is 0 Å². The summed E-state index contributed by atoms with van der Waals surface area (Å²) in [6.45, 7) is 9.51. The molecule has 0 aromatic rings. The minimum atomic E-state index is 1.08. The Labute approximate surface area is 64.0 Å². The highest BCUT2D eigenvalue weighted by Gasteiger charge is 1.85. The molecule has 0 rings (SSSR count). The molecule has 0 aliphatic heterocycles. The van der Waals surface area contributed by atoms with Crippen molar-refractivity contribution in [3.63, 3.8) is 0 Å². The maximum Gasteiger partial charge on any atom is -0.0282 e. The Morgan fingerprint density at radius 2 is 2.20 bits per heavy atom. The molecule has 0 nitrogen and oxygen atoms in total. The van der Waals surface area contributed by atoms with Crippen LogP contribution in [-0.2, 0) is 0 Å². The predicted octanol–water partition coefficient (Wildman–Crippen LogP) is 3.48. The van der Waals surface area contributed by atoms with Gasteiger partial charge >= 0.3 is 0 Å². The van der Waals surface area contributed by atoms with E-state index in [1.807, 2.05) is 13.0 Å². The first kappa shape index (κ1) is 9.22. The normalized spacial score (nSPS) is 10.1. The molecule has 0 heteroatoms. The summed E-state index contributed by atoms with van der Waals surface area (Å²) in [5.41, 5.74) is 1.14. The fourth-order valence-corrected chi connectivity index (χ4v) is 0.716. The third kappa shape index (κ3) is 5.36. The van der Waals surface area contributed by atoms with E-state index < -0.39 is 0 Å². The van der Waals surface area contributed by atoms with Gasteiger partial charge in [0, 0.05) is 0 Å². The number of hydrogen-bond donors (Lipinski definition) is 0. The first-order valence-corrected chi connectivity index (χ1v) is 3.72. The summed E-state index contributed by atoms with van der Waals surface area (Å²) in [6, 6.07) is 0. The second-order valence-electron chi connectivity index (χ2n) is 2.32. The van der Waals surface area contributed by atoms with Gasteiger partial charge in [-0.1, -0.05) is 37.0 Å². The number of hydrogen-bond acceptors (Lipinski definition) is 0. The summed E-state index contributed by atoms with van der Waals surface area (Å²) in [5.74, 6) is 0. The van der Waals surface area contributed by atoms with Crippen molar-refractivity contribution in [1.29, 1.82) is 0 Å². The van der Waals surface area contributed by atoms with Gasteiger partial charge in [0.25, 0.3) is 0 Å². The molecule has 0 amide bonds. The summed E-state index contributed by atoms with van der Waals surface area (Å²) in [6.07, 6.45) is 9.51. The van der Waals surface area contributed by atoms with Gasteiger partial charge in [-0.3, -0.25) is 0 Å². The van der Waals surface area contributed by atoms with Crippen LogP contribution < -0.4 is 0 Å². The number of unbranched alkanes of at least 4 members (excludes halogenated alkanes) is 1. The van der Waals surface area contributed by atoms with Crippen LogP contribution >= 0.6 is 0 Å². The first-order chi connectivity index (χ1) is 4.81. The largest absolute Gasteiger partial charge is 0.0988 e. The van der Waals surface area contributed by atoms with Crippen molar-refractivity contribution in [3.8, 4) is 0 Å². The first-order valence-electron chi connectivity index (χ1n) is 3.72. The minimum Gasteiger partial charge on any atom is -0.0988 e. The monoisotopic (exact) mass is 136 g/mol. The standard InChI is InChI=1S/C10H16/c1-4-6-7-8-9-10(3)5-2/h4-6H,2-3,7-9H2,1H3. The highest BCUT2D eigenvalue weighted by Crippen LogP contribution is 2.05. The van der Waals surface area contributed by atoms with Crippen molar-refractivity contribution in [2.75, 3.05) is 0 Å². The van der Waals surface area contributed by atoms with E-state index >= 15 is 0 Å². The van der Waals surface area contributed by atoms with E-state index in [-0.39, 0.29) is 0 Å². The second-order valence-corrected chi connectivity index (χ2v) is 2.32. The van der Waals surface area contributed by atoms with E-state index in [1.54, 1.807) is 0 Å². The summed E-state index contributed by atoms with van der Waals surface area (Å²) in [5, 5.41) is 0. The third-order valence-electron chi connectivity index (χ3n) is 1.39. The molecule has 0 aliphatic carbocycles. The van der Waals surface area contributed by atoms with Gasteiger partial charge in [0.05, 0.1) is 0 Å². The molecule has 0 aromatic carbocycles. The van der Waals surface area contributed by atoms with Crippen molar-refractivity contribution < 1.29 is 0 Å². The fourth-order valence-electron chi connectivity index (χ4n) is 0.716. The molecule has 0 fully saturated rings. The topological polar surface area (TPSA) is 0 Å². The summed E-state index contributed by atoms with van der Waals surface area (Å²) in [4.78, 5) is 0. The van der Waals surface area contributed by atoms with Crippen LogP contribution in [-0.4, -0.2) is 0 Å². The Morgan fingerprint density at radius 3 is 2.70 bits per heavy atom. The second kappa shape index (κ2) is 6.34. The van der Waals surface area contributed by atoms with E-state index in [2.05, 4.69) is 25.3 Å². The molecular weight excluding hydrogens is 120 g/mol. The van der Waals surface area contributed by atoms with Crippen molar-refractivity contribution in [2.24, 2.45) is 0 Å². The Morgan fingerprint density at radius 1 is 1.50 bits per heavy atom. The molecule has 0 saturated carbocycles. The van der Waals surface area contributed by atoms with E-state index in [9.17, 15) is 0 Å². The zero-order chi connectivity index (χ0) is 7.82. The molecule has 0 unspecified atom stereocenters. The molecule has 0 bridgehead atoms.